The molecule has 0 aliphatic heterocycles. The summed E-state index contributed by atoms with van der Waals surface area (Å²) < 4.78 is 51.0. The van der Waals surface area contributed by atoms with Gasteiger partial charge in [0, 0.05) is 0 Å². The van der Waals surface area contributed by atoms with Crippen LogP contribution in [0.2, 0.25) is 0 Å². The molecule has 0 atom stereocenters. The average molecular weight is 292 g/mol. The lowest BCUT2D eigenvalue weighted by Gasteiger charge is -2.13. The lowest BCUT2D eigenvalue weighted by molar-refractivity contribution is -0.139. The summed E-state index contributed by atoms with van der Waals surface area (Å²) in [6.45, 7) is 1.31. The minimum atomic E-state index is -4.30. The van der Waals surface area contributed by atoms with Gasteiger partial charge in [0.25, 0.3) is 0 Å². The van der Waals surface area contributed by atoms with Crippen LogP contribution in [0.15, 0.2) is 18.2 Å². The van der Waals surface area contributed by atoms with Crippen molar-refractivity contribution in [3.05, 3.63) is 23.8 Å². The largest absolute Gasteiger partial charge is 0.493 e. The number of halogens is 3. The van der Waals surface area contributed by atoms with Gasteiger partial charge in [0.2, 0.25) is 0 Å². The van der Waals surface area contributed by atoms with Crippen molar-refractivity contribution in [3.8, 4) is 11.5 Å². The van der Waals surface area contributed by atoms with E-state index in [0.717, 1.165) is 0 Å². The molecule has 0 aromatic heterocycles. The Balaban J connectivity index is 2.81. The van der Waals surface area contributed by atoms with Crippen LogP contribution in [0.4, 0.5) is 13.2 Å². The molecule has 0 aliphatic rings. The first-order valence-corrected chi connectivity index (χ1v) is 5.92. The van der Waals surface area contributed by atoms with Crippen LogP contribution in [0.25, 0.3) is 0 Å². The van der Waals surface area contributed by atoms with Gasteiger partial charge in [-0.15, -0.1) is 0 Å². The summed E-state index contributed by atoms with van der Waals surface area (Å²) in [5, 5.41) is 0. The van der Waals surface area contributed by atoms with Gasteiger partial charge in [-0.1, -0.05) is 0 Å². The molecule has 0 bridgehead atoms. The van der Waals surface area contributed by atoms with Gasteiger partial charge >= 0.3 is 12.1 Å². The summed E-state index contributed by atoms with van der Waals surface area (Å²) in [6.07, 6.45) is -5.38. The van der Waals surface area contributed by atoms with E-state index in [4.69, 9.17) is 14.2 Å². The molecule has 0 saturated carbocycles. The highest BCUT2D eigenvalue weighted by Crippen LogP contribution is 2.29. The molecule has 20 heavy (non-hydrogen) atoms. The van der Waals surface area contributed by atoms with Crippen LogP contribution < -0.4 is 9.47 Å². The number of ether oxygens (including phenoxy) is 3. The lowest BCUT2D eigenvalue weighted by atomic mass is 10.2. The number of esters is 1. The summed E-state index contributed by atoms with van der Waals surface area (Å²) in [5.41, 5.74) is 0.189. The molecule has 0 amide bonds. The van der Waals surface area contributed by atoms with Crippen LogP contribution in [-0.2, 0) is 4.74 Å². The van der Waals surface area contributed by atoms with Crippen LogP contribution >= 0.6 is 0 Å². The molecule has 7 heteroatoms. The molecule has 0 aliphatic carbocycles. The van der Waals surface area contributed by atoms with E-state index in [1.165, 1.54) is 25.3 Å². The van der Waals surface area contributed by atoms with E-state index < -0.39 is 25.2 Å². The van der Waals surface area contributed by atoms with Crippen molar-refractivity contribution in [1.29, 1.82) is 0 Å². The Morgan fingerprint density at radius 1 is 1.25 bits per heavy atom. The molecule has 0 saturated heterocycles. The normalized spacial score (nSPS) is 11.1. The first kappa shape index (κ1) is 16.1. The van der Waals surface area contributed by atoms with Crippen molar-refractivity contribution in [2.24, 2.45) is 0 Å². The van der Waals surface area contributed by atoms with Crippen LogP contribution in [0.5, 0.6) is 11.5 Å². The third-order valence-corrected chi connectivity index (χ3v) is 2.32. The Labute approximate surface area is 114 Å². The molecule has 0 N–H and O–H groups in total. The quantitative estimate of drug-likeness (QED) is 0.755. The van der Waals surface area contributed by atoms with Gasteiger partial charge in [-0.2, -0.15) is 13.2 Å². The van der Waals surface area contributed by atoms with Crippen molar-refractivity contribution in [1.82, 2.24) is 0 Å². The van der Waals surface area contributed by atoms with E-state index in [1.807, 2.05) is 0 Å². The summed E-state index contributed by atoms with van der Waals surface area (Å²) in [6, 6.07) is 4.19. The molecule has 1 rings (SSSR count). The first-order valence-electron chi connectivity index (χ1n) is 5.92. The SMILES string of the molecule is CCOC(=O)c1ccc(OC)c(OCCC(F)(F)F)c1. The minimum Gasteiger partial charge on any atom is -0.493 e. The van der Waals surface area contributed by atoms with Gasteiger partial charge < -0.3 is 14.2 Å². The van der Waals surface area contributed by atoms with E-state index in [1.54, 1.807) is 6.92 Å². The van der Waals surface area contributed by atoms with Crippen LogP contribution in [0.3, 0.4) is 0 Å². The summed E-state index contributed by atoms with van der Waals surface area (Å²) in [7, 11) is 1.36. The topological polar surface area (TPSA) is 44.8 Å². The molecule has 112 valence electrons. The maximum atomic E-state index is 12.1. The monoisotopic (exact) mass is 292 g/mol. The molecule has 0 unspecified atom stereocenters. The Bertz CT molecular complexity index is 457. The Hall–Kier alpha value is -1.92. The highest BCUT2D eigenvalue weighted by molar-refractivity contribution is 5.90. The number of methoxy groups -OCH3 is 1. The number of carbonyl (C=O) groups is 1. The number of rotatable bonds is 6. The van der Waals surface area contributed by atoms with E-state index in [-0.39, 0.29) is 23.7 Å². The Kier molecular flexibility index (Phi) is 5.66. The Morgan fingerprint density at radius 3 is 2.50 bits per heavy atom. The zero-order valence-electron chi connectivity index (χ0n) is 11.1. The fourth-order valence-corrected chi connectivity index (χ4v) is 1.41. The van der Waals surface area contributed by atoms with E-state index >= 15 is 0 Å². The van der Waals surface area contributed by atoms with Crippen LogP contribution in [-0.4, -0.2) is 32.5 Å². The second kappa shape index (κ2) is 7.02. The average Bonchev–Trinajstić information content (AvgIpc) is 2.37. The number of benzene rings is 1. The zero-order valence-corrected chi connectivity index (χ0v) is 11.1. The fourth-order valence-electron chi connectivity index (χ4n) is 1.41. The highest BCUT2D eigenvalue weighted by atomic mass is 19.4. The summed E-state index contributed by atoms with van der Waals surface area (Å²) in [5.74, 6) is -0.252. The third kappa shape index (κ3) is 4.99. The van der Waals surface area contributed by atoms with E-state index in [9.17, 15) is 18.0 Å². The Morgan fingerprint density at radius 2 is 1.95 bits per heavy atom. The number of hydrogen-bond donors (Lipinski definition) is 0. The van der Waals surface area contributed by atoms with Crippen molar-refractivity contribution >= 4 is 5.97 Å². The molecule has 0 fully saturated rings. The molecule has 0 radical (unpaired) electrons. The second-order valence-electron chi connectivity index (χ2n) is 3.80. The van der Waals surface area contributed by atoms with E-state index in [0.29, 0.717) is 0 Å². The maximum Gasteiger partial charge on any atom is 0.392 e. The fraction of sp³-hybridized carbons (Fsp3) is 0.462. The van der Waals surface area contributed by atoms with Gasteiger partial charge in [0.1, 0.15) is 0 Å². The predicted molar refractivity (Wildman–Crippen MR) is 65.1 cm³/mol. The maximum absolute atomic E-state index is 12.1. The molecule has 1 aromatic rings. The lowest BCUT2D eigenvalue weighted by Crippen LogP contribution is -2.13. The van der Waals surface area contributed by atoms with Gasteiger partial charge in [0.05, 0.1) is 32.3 Å². The molecule has 1 aromatic carbocycles. The molecule has 0 spiro atoms. The highest BCUT2D eigenvalue weighted by Gasteiger charge is 2.27. The van der Waals surface area contributed by atoms with Gasteiger partial charge in [-0.3, -0.25) is 0 Å². The van der Waals surface area contributed by atoms with Crippen molar-refractivity contribution in [2.75, 3.05) is 20.3 Å². The number of hydrogen-bond acceptors (Lipinski definition) is 4. The molecule has 4 nitrogen and oxygen atoms in total. The van der Waals surface area contributed by atoms with Gasteiger partial charge in [-0.05, 0) is 25.1 Å². The predicted octanol–water partition coefficient (Wildman–Crippen LogP) is 3.20. The summed E-state index contributed by atoms with van der Waals surface area (Å²) >= 11 is 0. The standard InChI is InChI=1S/C13H15F3O4/c1-3-19-12(17)9-4-5-10(18-2)11(8-9)20-7-6-13(14,15)16/h4-5,8H,3,6-7H2,1-2H3. The second-order valence-corrected chi connectivity index (χ2v) is 3.80. The molecular formula is C13H15F3O4. The van der Waals surface area contributed by atoms with Crippen molar-refractivity contribution in [3.63, 3.8) is 0 Å². The number of alkyl halides is 3. The summed E-state index contributed by atoms with van der Waals surface area (Å²) in [4.78, 5) is 11.5. The third-order valence-electron chi connectivity index (χ3n) is 2.32. The van der Waals surface area contributed by atoms with Crippen LogP contribution in [0.1, 0.15) is 23.7 Å². The number of carbonyl (C=O) groups excluding carboxylic acids is 1. The smallest absolute Gasteiger partial charge is 0.392 e. The zero-order chi connectivity index (χ0) is 15.2. The first-order chi connectivity index (χ1) is 9.37. The van der Waals surface area contributed by atoms with Crippen molar-refractivity contribution < 1.29 is 32.2 Å². The molecular weight excluding hydrogens is 277 g/mol. The minimum absolute atomic E-state index is 0.0716. The van der Waals surface area contributed by atoms with Crippen LogP contribution in [0, 0.1) is 0 Å². The van der Waals surface area contributed by atoms with Gasteiger partial charge in [-0.25, -0.2) is 4.79 Å². The van der Waals surface area contributed by atoms with Crippen molar-refractivity contribution in [2.45, 2.75) is 19.5 Å². The molecule has 0 heterocycles. The van der Waals surface area contributed by atoms with E-state index in [2.05, 4.69) is 0 Å². The van der Waals surface area contributed by atoms with Gasteiger partial charge in [0.15, 0.2) is 11.5 Å².